The number of hydrogen-bond donors (Lipinski definition) is 0. The molecule has 0 spiro atoms. The van der Waals surface area contributed by atoms with Crippen LogP contribution in [0.2, 0.25) is 0 Å². The van der Waals surface area contributed by atoms with Crippen LogP contribution in [0, 0.1) is 0 Å². The molecular weight excluding hydrogens is 288 g/mol. The second-order valence-corrected chi connectivity index (χ2v) is 8.23. The summed E-state index contributed by atoms with van der Waals surface area (Å²) in [4.78, 5) is 13.5. The average molecular weight is 314 g/mol. The molecule has 1 atom stereocenters. The lowest BCUT2D eigenvalue weighted by Crippen LogP contribution is -2.44. The second kappa shape index (κ2) is 6.92. The van der Waals surface area contributed by atoms with Gasteiger partial charge in [0.25, 0.3) is 0 Å². The highest BCUT2D eigenvalue weighted by molar-refractivity contribution is 7.89. The topological polar surface area (TPSA) is 57.7 Å². The molecule has 5 nitrogen and oxygen atoms in total. The molecule has 2 rings (SSSR count). The Morgan fingerprint density at radius 2 is 2.10 bits per heavy atom. The van der Waals surface area contributed by atoms with Crippen molar-refractivity contribution in [2.75, 3.05) is 25.4 Å². The van der Waals surface area contributed by atoms with Crippen LogP contribution in [0.4, 0.5) is 0 Å². The van der Waals surface area contributed by atoms with Gasteiger partial charge in [0, 0.05) is 32.6 Å². The Morgan fingerprint density at radius 3 is 2.76 bits per heavy atom. The number of rotatable bonds is 4. The lowest BCUT2D eigenvalue weighted by atomic mass is 10.00. The molecule has 0 aliphatic carbocycles. The van der Waals surface area contributed by atoms with Gasteiger partial charge in [-0.25, -0.2) is 8.42 Å². The molecule has 0 aromatic rings. The molecule has 6 heteroatoms. The van der Waals surface area contributed by atoms with Crippen LogP contribution >= 0.6 is 0 Å². The van der Waals surface area contributed by atoms with Gasteiger partial charge in [-0.2, -0.15) is 4.31 Å². The van der Waals surface area contributed by atoms with E-state index in [2.05, 4.69) is 6.08 Å². The zero-order valence-corrected chi connectivity index (χ0v) is 13.9. The summed E-state index contributed by atoms with van der Waals surface area (Å²) in [7, 11) is -3.21. The molecule has 0 radical (unpaired) electrons. The van der Waals surface area contributed by atoms with Gasteiger partial charge in [-0.1, -0.05) is 11.6 Å². The molecule has 0 aromatic carbocycles. The summed E-state index contributed by atoms with van der Waals surface area (Å²) in [6.07, 6.45) is 6.49. The van der Waals surface area contributed by atoms with Crippen molar-refractivity contribution < 1.29 is 13.2 Å². The average Bonchev–Trinajstić information content (AvgIpc) is 2.45. The maximum absolute atomic E-state index is 12.4. The first-order chi connectivity index (χ1) is 9.90. The summed E-state index contributed by atoms with van der Waals surface area (Å²) in [5.41, 5.74) is 1.12. The lowest BCUT2D eigenvalue weighted by molar-refractivity contribution is -0.132. The smallest absolute Gasteiger partial charge is 0.219 e. The zero-order valence-electron chi connectivity index (χ0n) is 13.0. The number of hydrogen-bond acceptors (Lipinski definition) is 3. The summed E-state index contributed by atoms with van der Waals surface area (Å²) in [6.45, 7) is 5.42. The van der Waals surface area contributed by atoms with Crippen LogP contribution in [-0.2, 0) is 14.8 Å². The molecule has 0 bridgehead atoms. The number of nitrogens with zero attached hydrogens (tertiary/aromatic N) is 2. The molecule has 21 heavy (non-hydrogen) atoms. The molecule has 1 amide bonds. The Labute approximate surface area is 128 Å². The van der Waals surface area contributed by atoms with Gasteiger partial charge in [0.1, 0.15) is 0 Å². The molecule has 2 aliphatic rings. The fourth-order valence-electron chi connectivity index (χ4n) is 3.24. The van der Waals surface area contributed by atoms with Crippen molar-refractivity contribution >= 4 is 15.9 Å². The van der Waals surface area contributed by atoms with E-state index in [-0.39, 0.29) is 17.7 Å². The van der Waals surface area contributed by atoms with Gasteiger partial charge in [0.05, 0.1) is 5.75 Å². The van der Waals surface area contributed by atoms with E-state index in [1.54, 1.807) is 11.2 Å². The van der Waals surface area contributed by atoms with Gasteiger partial charge < -0.3 is 4.90 Å². The first kappa shape index (κ1) is 16.5. The highest BCUT2D eigenvalue weighted by Crippen LogP contribution is 2.22. The molecule has 2 aliphatic heterocycles. The number of piperidine rings is 1. The highest BCUT2D eigenvalue weighted by Gasteiger charge is 2.29. The number of carbonyl (C=O) groups excluding carboxylic acids is 1. The minimum absolute atomic E-state index is 0.0637. The highest BCUT2D eigenvalue weighted by atomic mass is 32.2. The van der Waals surface area contributed by atoms with Crippen LogP contribution in [0.15, 0.2) is 11.6 Å². The van der Waals surface area contributed by atoms with Gasteiger partial charge >= 0.3 is 0 Å². The SMILES string of the molecule is CC(=O)N1CCCCC1CCS(=O)(=O)N1CCC=C(C)C1. The van der Waals surface area contributed by atoms with E-state index in [9.17, 15) is 13.2 Å². The van der Waals surface area contributed by atoms with E-state index < -0.39 is 10.0 Å². The van der Waals surface area contributed by atoms with Gasteiger partial charge in [0.2, 0.25) is 15.9 Å². The van der Waals surface area contributed by atoms with Crippen molar-refractivity contribution in [2.45, 2.75) is 52.0 Å². The molecule has 120 valence electrons. The van der Waals surface area contributed by atoms with Crippen LogP contribution in [0.3, 0.4) is 0 Å². The van der Waals surface area contributed by atoms with Gasteiger partial charge in [-0.05, 0) is 39.0 Å². The normalized spacial score (nSPS) is 24.8. The van der Waals surface area contributed by atoms with E-state index >= 15 is 0 Å². The fourth-order valence-corrected chi connectivity index (χ4v) is 4.86. The van der Waals surface area contributed by atoms with Crippen molar-refractivity contribution in [3.8, 4) is 0 Å². The summed E-state index contributed by atoms with van der Waals surface area (Å²) < 4.78 is 26.5. The first-order valence-electron chi connectivity index (χ1n) is 7.81. The summed E-state index contributed by atoms with van der Waals surface area (Å²) in [6, 6.07) is 0.0902. The molecule has 2 heterocycles. The van der Waals surface area contributed by atoms with E-state index in [1.165, 1.54) is 0 Å². The first-order valence-corrected chi connectivity index (χ1v) is 9.42. The summed E-state index contributed by atoms with van der Waals surface area (Å²) in [5, 5.41) is 0. The van der Waals surface area contributed by atoms with Crippen LogP contribution in [0.5, 0.6) is 0 Å². The Balaban J connectivity index is 1.94. The van der Waals surface area contributed by atoms with Gasteiger partial charge in [0.15, 0.2) is 0 Å². The van der Waals surface area contributed by atoms with Crippen molar-refractivity contribution in [3.05, 3.63) is 11.6 Å². The monoisotopic (exact) mass is 314 g/mol. The van der Waals surface area contributed by atoms with E-state index in [0.717, 1.165) is 37.8 Å². The molecule has 0 aromatic heterocycles. The Hall–Kier alpha value is -0.880. The second-order valence-electron chi connectivity index (χ2n) is 6.14. The third-order valence-electron chi connectivity index (χ3n) is 4.43. The van der Waals surface area contributed by atoms with Crippen molar-refractivity contribution in [2.24, 2.45) is 0 Å². The van der Waals surface area contributed by atoms with Crippen LogP contribution in [0.25, 0.3) is 0 Å². The summed E-state index contributed by atoms with van der Waals surface area (Å²) in [5.74, 6) is 0.211. The number of amides is 1. The van der Waals surface area contributed by atoms with Crippen molar-refractivity contribution in [3.63, 3.8) is 0 Å². The van der Waals surface area contributed by atoms with Crippen molar-refractivity contribution in [1.29, 1.82) is 0 Å². The van der Waals surface area contributed by atoms with Crippen LogP contribution in [-0.4, -0.2) is 55.0 Å². The Bertz CT molecular complexity index is 513. The minimum atomic E-state index is -3.21. The third-order valence-corrected chi connectivity index (χ3v) is 6.28. The molecule has 0 N–H and O–H groups in total. The van der Waals surface area contributed by atoms with Gasteiger partial charge in [-0.15, -0.1) is 0 Å². The molecule has 1 fully saturated rings. The largest absolute Gasteiger partial charge is 0.340 e. The zero-order chi connectivity index (χ0) is 15.5. The van der Waals surface area contributed by atoms with Crippen LogP contribution < -0.4 is 0 Å². The lowest BCUT2D eigenvalue weighted by Gasteiger charge is -2.35. The molecule has 1 saturated heterocycles. The maximum Gasteiger partial charge on any atom is 0.219 e. The Morgan fingerprint density at radius 1 is 1.33 bits per heavy atom. The summed E-state index contributed by atoms with van der Waals surface area (Å²) >= 11 is 0. The Kier molecular flexibility index (Phi) is 5.43. The fraction of sp³-hybridized carbons (Fsp3) is 0.800. The number of carbonyl (C=O) groups is 1. The predicted octanol–water partition coefficient (Wildman–Crippen LogP) is 1.76. The third kappa shape index (κ3) is 4.30. The van der Waals surface area contributed by atoms with E-state index in [1.807, 2.05) is 11.8 Å². The number of sulfonamides is 1. The molecule has 1 unspecified atom stereocenters. The molecule has 0 saturated carbocycles. The predicted molar refractivity (Wildman–Crippen MR) is 83.4 cm³/mol. The minimum Gasteiger partial charge on any atom is -0.340 e. The van der Waals surface area contributed by atoms with E-state index in [4.69, 9.17) is 0 Å². The standard InChI is InChI=1S/C15H26N2O3S/c1-13-6-5-9-16(12-13)21(19,20)11-8-15-7-3-4-10-17(15)14(2)18/h6,15H,3-5,7-12H2,1-2H3. The van der Waals surface area contributed by atoms with Gasteiger partial charge in [-0.3, -0.25) is 4.79 Å². The van der Waals surface area contributed by atoms with E-state index in [0.29, 0.717) is 19.5 Å². The quantitative estimate of drug-likeness (QED) is 0.743. The maximum atomic E-state index is 12.4. The van der Waals surface area contributed by atoms with Crippen molar-refractivity contribution in [1.82, 2.24) is 9.21 Å². The molecular formula is C15H26N2O3S. The van der Waals surface area contributed by atoms with Crippen LogP contribution in [0.1, 0.15) is 46.0 Å². The number of likely N-dealkylation sites (tertiary alicyclic amines) is 1.